The third kappa shape index (κ3) is 3.10. The van der Waals surface area contributed by atoms with Crippen molar-refractivity contribution in [1.82, 2.24) is 0 Å². The highest BCUT2D eigenvalue weighted by Crippen LogP contribution is 2.09. The molecule has 60 valence electrons. The molecule has 0 amide bonds. The van der Waals surface area contributed by atoms with Crippen LogP contribution in [0.2, 0.25) is 0 Å². The van der Waals surface area contributed by atoms with Gasteiger partial charge in [-0.1, -0.05) is 13.8 Å². The Morgan fingerprint density at radius 1 is 1.64 bits per heavy atom. The van der Waals surface area contributed by atoms with E-state index in [-0.39, 0.29) is 0 Å². The van der Waals surface area contributed by atoms with Crippen LogP contribution in [0.1, 0.15) is 20.3 Å². The van der Waals surface area contributed by atoms with Gasteiger partial charge in [-0.15, -0.1) is 5.73 Å². The Balaban J connectivity index is 2.29. The second-order valence-corrected chi connectivity index (χ2v) is 3.08. The Hall–Kier alpha value is -0.940. The van der Waals surface area contributed by atoms with Crippen LogP contribution in [0.5, 0.6) is 0 Å². The molecule has 0 aromatic heterocycles. The molecule has 0 heterocycles. The van der Waals surface area contributed by atoms with Gasteiger partial charge in [-0.3, -0.25) is 0 Å². The second kappa shape index (κ2) is 4.05. The molecule has 0 saturated carbocycles. The van der Waals surface area contributed by atoms with Gasteiger partial charge in [0.2, 0.25) is 0 Å². The third-order valence-corrected chi connectivity index (χ3v) is 1.39. The number of hydrogen-bond donors (Lipinski definition) is 0. The Morgan fingerprint density at radius 2 is 2.45 bits per heavy atom. The van der Waals surface area contributed by atoms with Crippen molar-refractivity contribution in [3.05, 3.63) is 29.7 Å². The summed E-state index contributed by atoms with van der Waals surface area (Å²) in [6.45, 7) is 5.11. The Bertz CT molecular complexity index is 205. The van der Waals surface area contributed by atoms with Gasteiger partial charge < -0.3 is 4.74 Å². The zero-order chi connectivity index (χ0) is 8.10. The van der Waals surface area contributed by atoms with Crippen molar-refractivity contribution in [2.75, 3.05) is 6.61 Å². The summed E-state index contributed by atoms with van der Waals surface area (Å²) in [5.41, 5.74) is 3.00. The van der Waals surface area contributed by atoms with E-state index in [1.54, 1.807) is 0 Å². The number of ether oxygens (including phenoxy) is 1. The number of rotatable bonds is 3. The van der Waals surface area contributed by atoms with Gasteiger partial charge >= 0.3 is 0 Å². The summed E-state index contributed by atoms with van der Waals surface area (Å²) in [4.78, 5) is 0. The van der Waals surface area contributed by atoms with Gasteiger partial charge in [0, 0.05) is 6.42 Å². The molecular weight excluding hydrogens is 136 g/mol. The molecule has 0 fully saturated rings. The minimum absolute atomic E-state index is 0.603. The summed E-state index contributed by atoms with van der Waals surface area (Å²) < 4.78 is 5.50. The summed E-state index contributed by atoms with van der Waals surface area (Å²) in [5, 5.41) is 0. The van der Waals surface area contributed by atoms with Crippen molar-refractivity contribution in [3.8, 4) is 0 Å². The summed E-state index contributed by atoms with van der Waals surface area (Å²) in [6.07, 6.45) is 6.74. The lowest BCUT2D eigenvalue weighted by molar-refractivity contribution is 0.175. The van der Waals surface area contributed by atoms with Crippen molar-refractivity contribution in [1.29, 1.82) is 0 Å². The van der Waals surface area contributed by atoms with Crippen LogP contribution in [-0.2, 0) is 4.74 Å². The topological polar surface area (TPSA) is 9.23 Å². The average molecular weight is 150 g/mol. The van der Waals surface area contributed by atoms with Crippen molar-refractivity contribution in [2.24, 2.45) is 5.92 Å². The molecule has 0 atom stereocenters. The number of allylic oxidation sites excluding steroid dienone is 2. The highest BCUT2D eigenvalue weighted by atomic mass is 16.5. The Kier molecular flexibility index (Phi) is 3.00. The van der Waals surface area contributed by atoms with Crippen molar-refractivity contribution >= 4 is 0 Å². The van der Waals surface area contributed by atoms with Gasteiger partial charge in [0.25, 0.3) is 0 Å². The lowest BCUT2D eigenvalue weighted by atomic mass is 10.2. The largest absolute Gasteiger partial charge is 0.497 e. The fourth-order valence-corrected chi connectivity index (χ4v) is 0.817. The monoisotopic (exact) mass is 150 g/mol. The smallest absolute Gasteiger partial charge is 0.101 e. The normalized spacial score (nSPS) is 15.4. The molecule has 0 aliphatic heterocycles. The first kappa shape index (κ1) is 8.16. The standard InChI is InChI=1S/C10H14O/c1-9(2)8-11-10-6-4-3-5-7-10/h4-6,9H,7-8H2,1-2H3. The molecule has 0 saturated heterocycles. The Labute approximate surface area is 68.1 Å². The molecule has 0 spiro atoms. The molecule has 0 aromatic carbocycles. The fourth-order valence-electron chi connectivity index (χ4n) is 0.817. The average Bonchev–Trinajstić information content (AvgIpc) is 2.03. The van der Waals surface area contributed by atoms with Gasteiger partial charge in [-0.25, -0.2) is 0 Å². The number of hydrogen-bond acceptors (Lipinski definition) is 1. The SMILES string of the molecule is CC(C)COC1=CC=C=CC1. The summed E-state index contributed by atoms with van der Waals surface area (Å²) in [7, 11) is 0. The van der Waals surface area contributed by atoms with Crippen LogP contribution in [0.4, 0.5) is 0 Å². The van der Waals surface area contributed by atoms with Crippen LogP contribution in [0.3, 0.4) is 0 Å². The van der Waals surface area contributed by atoms with Gasteiger partial charge in [0.05, 0.1) is 6.61 Å². The van der Waals surface area contributed by atoms with Crippen LogP contribution in [-0.4, -0.2) is 6.61 Å². The van der Waals surface area contributed by atoms with Gasteiger partial charge in [0.15, 0.2) is 0 Å². The van der Waals surface area contributed by atoms with Gasteiger partial charge in [-0.2, -0.15) is 0 Å². The van der Waals surface area contributed by atoms with Gasteiger partial charge in [0.1, 0.15) is 5.76 Å². The van der Waals surface area contributed by atoms with E-state index >= 15 is 0 Å². The minimum atomic E-state index is 0.603. The molecule has 1 aliphatic rings. The molecule has 0 N–H and O–H groups in total. The maximum atomic E-state index is 5.50. The van der Waals surface area contributed by atoms with E-state index < -0.39 is 0 Å². The molecule has 0 unspecified atom stereocenters. The van der Waals surface area contributed by atoms with Crippen LogP contribution in [0.15, 0.2) is 29.7 Å². The summed E-state index contributed by atoms with van der Waals surface area (Å²) in [6, 6.07) is 0. The van der Waals surface area contributed by atoms with Crippen molar-refractivity contribution < 1.29 is 4.74 Å². The van der Waals surface area contributed by atoms with Crippen LogP contribution < -0.4 is 0 Å². The minimum Gasteiger partial charge on any atom is -0.497 e. The highest BCUT2D eigenvalue weighted by Gasteiger charge is 1.98. The molecule has 0 aromatic rings. The van der Waals surface area contributed by atoms with E-state index in [4.69, 9.17) is 4.74 Å². The van der Waals surface area contributed by atoms with E-state index in [1.807, 2.05) is 18.2 Å². The molecular formula is C10H14O. The molecule has 1 aliphatic carbocycles. The van der Waals surface area contributed by atoms with Crippen molar-refractivity contribution in [3.63, 3.8) is 0 Å². The first-order chi connectivity index (χ1) is 5.29. The van der Waals surface area contributed by atoms with Gasteiger partial charge in [-0.05, 0) is 24.1 Å². The lowest BCUT2D eigenvalue weighted by Gasteiger charge is -2.10. The zero-order valence-corrected chi connectivity index (χ0v) is 7.13. The maximum absolute atomic E-state index is 5.50. The quantitative estimate of drug-likeness (QED) is 0.562. The molecule has 1 heteroatoms. The summed E-state index contributed by atoms with van der Waals surface area (Å²) in [5.74, 6) is 1.66. The third-order valence-electron chi connectivity index (χ3n) is 1.39. The first-order valence-electron chi connectivity index (χ1n) is 4.02. The maximum Gasteiger partial charge on any atom is 0.101 e. The molecule has 0 bridgehead atoms. The van der Waals surface area contributed by atoms with Crippen LogP contribution >= 0.6 is 0 Å². The Morgan fingerprint density at radius 3 is 3.00 bits per heavy atom. The molecule has 1 nitrogen and oxygen atoms in total. The van der Waals surface area contributed by atoms with E-state index in [1.165, 1.54) is 0 Å². The predicted octanol–water partition coefficient (Wildman–Crippen LogP) is 2.66. The van der Waals surface area contributed by atoms with E-state index in [9.17, 15) is 0 Å². The zero-order valence-electron chi connectivity index (χ0n) is 7.13. The summed E-state index contributed by atoms with van der Waals surface area (Å²) >= 11 is 0. The lowest BCUT2D eigenvalue weighted by Crippen LogP contribution is -2.01. The molecule has 11 heavy (non-hydrogen) atoms. The van der Waals surface area contributed by atoms with E-state index in [0.29, 0.717) is 5.92 Å². The predicted molar refractivity (Wildman–Crippen MR) is 46.1 cm³/mol. The molecule has 1 rings (SSSR count). The second-order valence-electron chi connectivity index (χ2n) is 3.08. The van der Waals surface area contributed by atoms with Crippen LogP contribution in [0.25, 0.3) is 0 Å². The van der Waals surface area contributed by atoms with E-state index in [2.05, 4.69) is 19.6 Å². The molecule has 0 radical (unpaired) electrons. The van der Waals surface area contributed by atoms with Crippen molar-refractivity contribution in [2.45, 2.75) is 20.3 Å². The first-order valence-corrected chi connectivity index (χ1v) is 4.02. The fraction of sp³-hybridized carbons (Fsp3) is 0.500. The van der Waals surface area contributed by atoms with Crippen LogP contribution in [0, 0.1) is 5.92 Å². The highest BCUT2D eigenvalue weighted by molar-refractivity contribution is 5.15. The van der Waals surface area contributed by atoms with E-state index in [0.717, 1.165) is 18.8 Å².